The van der Waals surface area contributed by atoms with Gasteiger partial charge in [0.15, 0.2) is 5.01 Å². The van der Waals surface area contributed by atoms with Gasteiger partial charge in [-0.2, -0.15) is 0 Å². The van der Waals surface area contributed by atoms with E-state index in [9.17, 15) is 9.59 Å². The van der Waals surface area contributed by atoms with E-state index in [0.717, 1.165) is 17.7 Å². The fourth-order valence-electron chi connectivity index (χ4n) is 2.50. The Hall–Kier alpha value is -2.21. The highest BCUT2D eigenvalue weighted by molar-refractivity contribution is 7.12. The molecular formula is C15H14N2O3S. The number of nitrogens with zero attached hydrogens (tertiary/aromatic N) is 2. The van der Waals surface area contributed by atoms with E-state index in [1.807, 2.05) is 35.7 Å². The standard InChI is InChI=1S/C15H14N2O3S/c18-14(17-8-4-7-12(17)15(19)20)13-16-11(9-21-13)10-5-2-1-3-6-10/h1-3,5-6,9,12H,4,7-8H2,(H,19,20). The molecule has 1 aromatic carbocycles. The smallest absolute Gasteiger partial charge is 0.326 e. The maximum atomic E-state index is 12.4. The number of thiazole rings is 1. The predicted molar refractivity (Wildman–Crippen MR) is 79.2 cm³/mol. The van der Waals surface area contributed by atoms with E-state index in [0.29, 0.717) is 18.0 Å². The monoisotopic (exact) mass is 302 g/mol. The van der Waals surface area contributed by atoms with Gasteiger partial charge >= 0.3 is 5.97 Å². The number of rotatable bonds is 3. The number of carbonyl (C=O) groups excluding carboxylic acids is 1. The molecule has 1 N–H and O–H groups in total. The molecule has 2 aromatic rings. The lowest BCUT2D eigenvalue weighted by Crippen LogP contribution is -2.40. The van der Waals surface area contributed by atoms with Crippen molar-refractivity contribution >= 4 is 23.2 Å². The summed E-state index contributed by atoms with van der Waals surface area (Å²) in [4.78, 5) is 29.3. The van der Waals surface area contributed by atoms with Gasteiger partial charge in [-0.1, -0.05) is 30.3 Å². The molecule has 1 aromatic heterocycles. The lowest BCUT2D eigenvalue weighted by atomic mass is 10.2. The molecule has 3 rings (SSSR count). The summed E-state index contributed by atoms with van der Waals surface area (Å²) in [5.41, 5.74) is 1.69. The highest BCUT2D eigenvalue weighted by Gasteiger charge is 2.35. The zero-order valence-electron chi connectivity index (χ0n) is 11.2. The van der Waals surface area contributed by atoms with E-state index in [1.165, 1.54) is 16.2 Å². The Labute approximate surface area is 125 Å². The van der Waals surface area contributed by atoms with Gasteiger partial charge in [0.2, 0.25) is 0 Å². The third-order valence-electron chi connectivity index (χ3n) is 3.56. The maximum Gasteiger partial charge on any atom is 0.326 e. The summed E-state index contributed by atoms with van der Waals surface area (Å²) >= 11 is 1.26. The third kappa shape index (κ3) is 2.67. The van der Waals surface area contributed by atoms with Crippen molar-refractivity contribution in [2.45, 2.75) is 18.9 Å². The number of carbonyl (C=O) groups is 2. The van der Waals surface area contributed by atoms with E-state index < -0.39 is 12.0 Å². The second kappa shape index (κ2) is 5.65. The number of carboxylic acids is 1. The van der Waals surface area contributed by atoms with Crippen molar-refractivity contribution in [2.24, 2.45) is 0 Å². The molecule has 1 saturated heterocycles. The van der Waals surface area contributed by atoms with E-state index in [4.69, 9.17) is 5.11 Å². The van der Waals surface area contributed by atoms with Crippen molar-refractivity contribution in [2.75, 3.05) is 6.54 Å². The number of hydrogen-bond acceptors (Lipinski definition) is 4. The number of amides is 1. The number of carboxylic acid groups (broad SMARTS) is 1. The average Bonchev–Trinajstić information content (AvgIpc) is 3.17. The Morgan fingerprint density at radius 2 is 2.05 bits per heavy atom. The quantitative estimate of drug-likeness (QED) is 0.945. The van der Waals surface area contributed by atoms with Gasteiger partial charge in [-0.25, -0.2) is 9.78 Å². The van der Waals surface area contributed by atoms with Crippen molar-refractivity contribution in [3.8, 4) is 11.3 Å². The van der Waals surface area contributed by atoms with Crippen molar-refractivity contribution < 1.29 is 14.7 Å². The molecule has 0 radical (unpaired) electrons. The van der Waals surface area contributed by atoms with Gasteiger partial charge in [-0.15, -0.1) is 11.3 Å². The summed E-state index contributed by atoms with van der Waals surface area (Å²) in [5.74, 6) is -1.23. The summed E-state index contributed by atoms with van der Waals surface area (Å²) < 4.78 is 0. The Bertz CT molecular complexity index is 669. The van der Waals surface area contributed by atoms with Crippen LogP contribution in [0.4, 0.5) is 0 Å². The number of aromatic nitrogens is 1. The molecule has 0 aliphatic carbocycles. The van der Waals surface area contributed by atoms with Crippen LogP contribution in [0.15, 0.2) is 35.7 Å². The fraction of sp³-hybridized carbons (Fsp3) is 0.267. The molecule has 2 heterocycles. The van der Waals surface area contributed by atoms with Gasteiger partial charge in [0.1, 0.15) is 6.04 Å². The topological polar surface area (TPSA) is 70.5 Å². The van der Waals surface area contributed by atoms with Crippen LogP contribution >= 0.6 is 11.3 Å². The Morgan fingerprint density at radius 3 is 2.76 bits per heavy atom. The second-order valence-electron chi connectivity index (χ2n) is 4.90. The number of likely N-dealkylation sites (tertiary alicyclic amines) is 1. The molecule has 1 aliphatic heterocycles. The number of benzene rings is 1. The van der Waals surface area contributed by atoms with Crippen LogP contribution in [0.2, 0.25) is 0 Å². The average molecular weight is 302 g/mol. The molecule has 108 valence electrons. The normalized spacial score (nSPS) is 17.9. The first-order chi connectivity index (χ1) is 10.2. The summed E-state index contributed by atoms with van der Waals surface area (Å²) in [6.45, 7) is 0.482. The van der Waals surface area contributed by atoms with Gasteiger partial charge in [0.05, 0.1) is 5.69 Å². The SMILES string of the molecule is O=C(O)C1CCCN1C(=O)c1nc(-c2ccccc2)cs1. The van der Waals surface area contributed by atoms with Crippen LogP contribution in [-0.2, 0) is 4.79 Å². The molecule has 0 bridgehead atoms. The summed E-state index contributed by atoms with van der Waals surface area (Å²) in [7, 11) is 0. The van der Waals surface area contributed by atoms with Crippen molar-refractivity contribution in [3.05, 3.63) is 40.7 Å². The molecular weight excluding hydrogens is 288 g/mol. The van der Waals surface area contributed by atoms with E-state index in [1.54, 1.807) is 0 Å². The van der Waals surface area contributed by atoms with Crippen molar-refractivity contribution in [1.82, 2.24) is 9.88 Å². The summed E-state index contributed by atoms with van der Waals surface area (Å²) in [6, 6.07) is 8.89. The molecule has 1 fully saturated rings. The van der Waals surface area contributed by atoms with Gasteiger partial charge in [-0.05, 0) is 12.8 Å². The number of aliphatic carboxylic acids is 1. The maximum absolute atomic E-state index is 12.4. The lowest BCUT2D eigenvalue weighted by molar-refractivity contribution is -0.141. The minimum absolute atomic E-state index is 0.285. The van der Waals surface area contributed by atoms with Crippen LogP contribution in [-0.4, -0.2) is 39.5 Å². The van der Waals surface area contributed by atoms with E-state index >= 15 is 0 Å². The van der Waals surface area contributed by atoms with E-state index in [2.05, 4.69) is 4.98 Å². The van der Waals surface area contributed by atoms with Crippen LogP contribution in [0.5, 0.6) is 0 Å². The van der Waals surface area contributed by atoms with Crippen molar-refractivity contribution in [1.29, 1.82) is 0 Å². The Kier molecular flexibility index (Phi) is 3.70. The molecule has 0 saturated carbocycles. The van der Waals surface area contributed by atoms with Crippen molar-refractivity contribution in [3.63, 3.8) is 0 Å². The van der Waals surface area contributed by atoms with Crippen LogP contribution in [0.1, 0.15) is 22.6 Å². The minimum Gasteiger partial charge on any atom is -0.480 e. The summed E-state index contributed by atoms with van der Waals surface area (Å²) in [5, 5.41) is 11.3. The summed E-state index contributed by atoms with van der Waals surface area (Å²) in [6.07, 6.45) is 1.23. The van der Waals surface area contributed by atoms with Gasteiger partial charge in [0.25, 0.3) is 5.91 Å². The Balaban J connectivity index is 1.83. The molecule has 6 heteroatoms. The predicted octanol–water partition coefficient (Wildman–Crippen LogP) is 2.50. The van der Waals surface area contributed by atoms with Gasteiger partial charge in [0, 0.05) is 17.5 Å². The molecule has 1 atom stereocenters. The number of hydrogen-bond donors (Lipinski definition) is 1. The zero-order valence-corrected chi connectivity index (χ0v) is 12.0. The fourth-order valence-corrected chi connectivity index (χ4v) is 3.28. The first kappa shape index (κ1) is 13.8. The highest BCUT2D eigenvalue weighted by atomic mass is 32.1. The molecule has 1 aliphatic rings. The molecule has 5 nitrogen and oxygen atoms in total. The molecule has 1 amide bonds. The van der Waals surface area contributed by atoms with Gasteiger partial charge in [-0.3, -0.25) is 4.79 Å². The van der Waals surface area contributed by atoms with E-state index in [-0.39, 0.29) is 5.91 Å². The molecule has 21 heavy (non-hydrogen) atoms. The third-order valence-corrected chi connectivity index (χ3v) is 4.39. The van der Waals surface area contributed by atoms with Gasteiger partial charge < -0.3 is 10.0 Å². The molecule has 1 unspecified atom stereocenters. The largest absolute Gasteiger partial charge is 0.480 e. The molecule has 0 spiro atoms. The Morgan fingerprint density at radius 1 is 1.29 bits per heavy atom. The van der Waals surface area contributed by atoms with Crippen LogP contribution in [0, 0.1) is 0 Å². The van der Waals surface area contributed by atoms with Crippen LogP contribution in [0.25, 0.3) is 11.3 Å². The first-order valence-corrected chi connectivity index (χ1v) is 7.59. The lowest BCUT2D eigenvalue weighted by Gasteiger charge is -2.19. The zero-order chi connectivity index (χ0) is 14.8. The van der Waals surface area contributed by atoms with Crippen LogP contribution in [0.3, 0.4) is 0 Å². The second-order valence-corrected chi connectivity index (χ2v) is 5.76. The highest BCUT2D eigenvalue weighted by Crippen LogP contribution is 2.25. The first-order valence-electron chi connectivity index (χ1n) is 6.71. The van der Waals surface area contributed by atoms with Crippen LogP contribution < -0.4 is 0 Å². The minimum atomic E-state index is -0.944.